The lowest BCUT2D eigenvalue weighted by Gasteiger charge is -2.03. The van der Waals surface area contributed by atoms with Crippen LogP contribution in [0.5, 0.6) is 0 Å². The molecule has 1 amide bonds. The summed E-state index contributed by atoms with van der Waals surface area (Å²) in [6.07, 6.45) is 8.19. The molecule has 3 heteroatoms. The molecule has 0 radical (unpaired) electrons. The van der Waals surface area contributed by atoms with Crippen molar-refractivity contribution in [1.82, 2.24) is 10.6 Å². The highest BCUT2D eigenvalue weighted by molar-refractivity contribution is 5.75. The van der Waals surface area contributed by atoms with E-state index in [9.17, 15) is 4.79 Å². The van der Waals surface area contributed by atoms with Gasteiger partial charge < -0.3 is 10.6 Å². The highest BCUT2D eigenvalue weighted by atomic mass is 16.1. The van der Waals surface area contributed by atoms with E-state index in [1.165, 1.54) is 32.1 Å². The molecule has 104 valence electrons. The van der Waals surface area contributed by atoms with Gasteiger partial charge in [0.2, 0.25) is 5.91 Å². The second-order valence-electron chi connectivity index (χ2n) is 3.93. The summed E-state index contributed by atoms with van der Waals surface area (Å²) in [5, 5.41) is 6.04. The third-order valence-corrected chi connectivity index (χ3v) is 2.50. The Hall–Kier alpha value is -0.570. The van der Waals surface area contributed by atoms with Crippen LogP contribution < -0.4 is 10.6 Å². The molecule has 3 nitrogen and oxygen atoms in total. The van der Waals surface area contributed by atoms with Gasteiger partial charge in [0.25, 0.3) is 0 Å². The van der Waals surface area contributed by atoms with Gasteiger partial charge in [-0.25, -0.2) is 0 Å². The molecular weight excluding hydrogens is 212 g/mol. The average molecular weight is 244 g/mol. The standard InChI is InChI=1S/C12H26N2O.C2H6/c1-3-12(15)14-11-9-7-5-4-6-8-10-13-2;1-2/h13H,3-11H2,1-2H3,(H,14,15);1-2H3. The first-order valence-electron chi connectivity index (χ1n) is 7.22. The number of nitrogens with one attached hydrogen (secondary N) is 2. The maximum Gasteiger partial charge on any atom is 0.219 e. The van der Waals surface area contributed by atoms with E-state index in [1.807, 2.05) is 27.8 Å². The molecule has 0 saturated heterocycles. The van der Waals surface area contributed by atoms with Crippen molar-refractivity contribution in [2.45, 2.75) is 65.7 Å². The van der Waals surface area contributed by atoms with Crippen molar-refractivity contribution in [2.75, 3.05) is 20.1 Å². The molecule has 0 aliphatic heterocycles. The number of carbonyl (C=O) groups excluding carboxylic acids is 1. The molecule has 0 heterocycles. The fraction of sp³-hybridized carbons (Fsp3) is 0.929. The molecule has 0 fully saturated rings. The lowest BCUT2D eigenvalue weighted by atomic mass is 10.1. The summed E-state index contributed by atoms with van der Waals surface area (Å²) in [5.41, 5.74) is 0. The van der Waals surface area contributed by atoms with Gasteiger partial charge in [0.1, 0.15) is 0 Å². The topological polar surface area (TPSA) is 41.1 Å². The van der Waals surface area contributed by atoms with Crippen LogP contribution in [0.3, 0.4) is 0 Å². The van der Waals surface area contributed by atoms with E-state index in [2.05, 4.69) is 10.6 Å². The van der Waals surface area contributed by atoms with Crippen LogP contribution in [0, 0.1) is 0 Å². The van der Waals surface area contributed by atoms with Crippen LogP contribution in [-0.2, 0) is 4.79 Å². The molecule has 0 saturated carbocycles. The van der Waals surface area contributed by atoms with Crippen LogP contribution in [-0.4, -0.2) is 26.0 Å². The van der Waals surface area contributed by atoms with Gasteiger partial charge in [0.05, 0.1) is 0 Å². The Morgan fingerprint density at radius 2 is 1.35 bits per heavy atom. The number of carbonyl (C=O) groups is 1. The second-order valence-corrected chi connectivity index (χ2v) is 3.93. The minimum atomic E-state index is 0.170. The van der Waals surface area contributed by atoms with Crippen molar-refractivity contribution in [1.29, 1.82) is 0 Å². The fourth-order valence-electron chi connectivity index (χ4n) is 1.49. The summed E-state index contributed by atoms with van der Waals surface area (Å²) in [5.74, 6) is 0.170. The fourth-order valence-corrected chi connectivity index (χ4v) is 1.49. The first-order valence-corrected chi connectivity index (χ1v) is 7.22. The molecule has 2 N–H and O–H groups in total. The molecule has 0 atom stereocenters. The smallest absolute Gasteiger partial charge is 0.219 e. The number of hydrogen-bond donors (Lipinski definition) is 2. The van der Waals surface area contributed by atoms with Gasteiger partial charge in [-0.15, -0.1) is 0 Å². The molecule has 0 rings (SSSR count). The molecule has 0 aromatic heterocycles. The van der Waals surface area contributed by atoms with Crippen LogP contribution in [0.1, 0.15) is 65.7 Å². The first kappa shape index (κ1) is 18.8. The molecule has 0 aliphatic rings. The number of rotatable bonds is 10. The summed E-state index contributed by atoms with van der Waals surface area (Å²) in [6, 6.07) is 0. The van der Waals surface area contributed by atoms with E-state index in [4.69, 9.17) is 0 Å². The summed E-state index contributed by atoms with van der Waals surface area (Å²) in [4.78, 5) is 10.9. The molecular formula is C14H32N2O. The van der Waals surface area contributed by atoms with Crippen LogP contribution in [0.25, 0.3) is 0 Å². The Balaban J connectivity index is 0. The van der Waals surface area contributed by atoms with Gasteiger partial charge in [-0.2, -0.15) is 0 Å². The summed E-state index contributed by atoms with van der Waals surface area (Å²) >= 11 is 0. The molecule has 0 aliphatic carbocycles. The zero-order chi connectivity index (χ0) is 13.4. The lowest BCUT2D eigenvalue weighted by Crippen LogP contribution is -2.23. The van der Waals surface area contributed by atoms with Gasteiger partial charge in [-0.05, 0) is 26.4 Å². The lowest BCUT2D eigenvalue weighted by molar-refractivity contribution is -0.120. The Morgan fingerprint density at radius 1 is 0.882 bits per heavy atom. The quantitative estimate of drug-likeness (QED) is 0.580. The van der Waals surface area contributed by atoms with E-state index >= 15 is 0 Å². The van der Waals surface area contributed by atoms with E-state index in [-0.39, 0.29) is 5.91 Å². The predicted octanol–water partition coefficient (Wildman–Crippen LogP) is 3.10. The van der Waals surface area contributed by atoms with Crippen molar-refractivity contribution in [3.63, 3.8) is 0 Å². The van der Waals surface area contributed by atoms with Crippen LogP contribution in [0.15, 0.2) is 0 Å². The normalized spacial score (nSPS) is 9.41. The maximum atomic E-state index is 10.9. The van der Waals surface area contributed by atoms with Crippen LogP contribution in [0.2, 0.25) is 0 Å². The van der Waals surface area contributed by atoms with E-state index in [0.717, 1.165) is 19.5 Å². The minimum absolute atomic E-state index is 0.170. The zero-order valence-corrected chi connectivity index (χ0v) is 12.3. The van der Waals surface area contributed by atoms with E-state index in [0.29, 0.717) is 6.42 Å². The first-order chi connectivity index (χ1) is 8.31. The van der Waals surface area contributed by atoms with Crippen LogP contribution in [0.4, 0.5) is 0 Å². The van der Waals surface area contributed by atoms with Gasteiger partial charge >= 0.3 is 0 Å². The third-order valence-electron chi connectivity index (χ3n) is 2.50. The minimum Gasteiger partial charge on any atom is -0.356 e. The summed E-state index contributed by atoms with van der Waals surface area (Å²) < 4.78 is 0. The summed E-state index contributed by atoms with van der Waals surface area (Å²) in [6.45, 7) is 7.87. The molecule has 0 unspecified atom stereocenters. The second kappa shape index (κ2) is 17.8. The SMILES string of the molecule is CC.CCC(=O)NCCCCCCCCNC. The predicted molar refractivity (Wildman–Crippen MR) is 76.3 cm³/mol. The van der Waals surface area contributed by atoms with Gasteiger partial charge in [0.15, 0.2) is 0 Å². The Bertz CT molecular complexity index is 149. The van der Waals surface area contributed by atoms with Gasteiger partial charge in [-0.1, -0.05) is 46.5 Å². The molecule has 0 bridgehead atoms. The largest absolute Gasteiger partial charge is 0.356 e. The number of amides is 1. The third kappa shape index (κ3) is 18.0. The zero-order valence-electron chi connectivity index (χ0n) is 12.3. The van der Waals surface area contributed by atoms with Crippen molar-refractivity contribution in [3.8, 4) is 0 Å². The highest BCUT2D eigenvalue weighted by Crippen LogP contribution is 2.04. The van der Waals surface area contributed by atoms with Crippen LogP contribution >= 0.6 is 0 Å². The molecule has 17 heavy (non-hydrogen) atoms. The van der Waals surface area contributed by atoms with E-state index in [1.54, 1.807) is 0 Å². The molecule has 0 aromatic rings. The van der Waals surface area contributed by atoms with Gasteiger partial charge in [-0.3, -0.25) is 4.79 Å². The number of hydrogen-bond acceptors (Lipinski definition) is 2. The average Bonchev–Trinajstić information content (AvgIpc) is 2.39. The monoisotopic (exact) mass is 244 g/mol. The van der Waals surface area contributed by atoms with Crippen molar-refractivity contribution < 1.29 is 4.79 Å². The Morgan fingerprint density at radius 3 is 1.82 bits per heavy atom. The Labute approximate surface area is 108 Å². The maximum absolute atomic E-state index is 10.9. The summed E-state index contributed by atoms with van der Waals surface area (Å²) in [7, 11) is 2.00. The van der Waals surface area contributed by atoms with Crippen molar-refractivity contribution in [2.24, 2.45) is 0 Å². The van der Waals surface area contributed by atoms with Crippen molar-refractivity contribution in [3.05, 3.63) is 0 Å². The van der Waals surface area contributed by atoms with E-state index < -0.39 is 0 Å². The van der Waals surface area contributed by atoms with Gasteiger partial charge in [0, 0.05) is 13.0 Å². The Kier molecular flexibility index (Phi) is 19.7. The van der Waals surface area contributed by atoms with Crippen molar-refractivity contribution >= 4 is 5.91 Å². The highest BCUT2D eigenvalue weighted by Gasteiger charge is 1.95. The molecule has 0 aromatic carbocycles. The number of unbranched alkanes of at least 4 members (excludes halogenated alkanes) is 5. The molecule has 0 spiro atoms.